The Bertz CT molecular complexity index is 550. The third kappa shape index (κ3) is 4.45. The van der Waals surface area contributed by atoms with Crippen molar-refractivity contribution in [3.63, 3.8) is 0 Å². The minimum atomic E-state index is 0.377. The van der Waals surface area contributed by atoms with Crippen molar-refractivity contribution >= 4 is 22.7 Å². The van der Waals surface area contributed by atoms with Crippen LogP contribution in [0.4, 0.5) is 0 Å². The highest BCUT2D eigenvalue weighted by atomic mass is 32.2. The first-order chi connectivity index (χ1) is 10.3. The van der Waals surface area contributed by atoms with Crippen LogP contribution in [0.1, 0.15) is 45.2 Å². The molecule has 0 radical (unpaired) electrons. The van der Waals surface area contributed by atoms with Crippen LogP contribution < -0.4 is 5.32 Å². The van der Waals surface area contributed by atoms with Crippen LogP contribution in [0, 0.1) is 0 Å². The van der Waals surface area contributed by atoms with Crippen LogP contribution in [0.15, 0.2) is 36.5 Å². The Labute approximate surface area is 132 Å². The number of pyridine rings is 1. The number of benzene rings is 1. The Morgan fingerprint density at radius 3 is 2.76 bits per heavy atom. The molecule has 0 bridgehead atoms. The molecule has 2 aromatic rings. The van der Waals surface area contributed by atoms with Gasteiger partial charge in [-0.15, -0.1) is 0 Å². The van der Waals surface area contributed by atoms with E-state index in [1.807, 2.05) is 24.0 Å². The second kappa shape index (κ2) is 8.40. The maximum absolute atomic E-state index is 4.61. The second-order valence-electron chi connectivity index (χ2n) is 5.48. The zero-order valence-corrected chi connectivity index (χ0v) is 14.1. The zero-order chi connectivity index (χ0) is 15.1. The highest BCUT2D eigenvalue weighted by molar-refractivity contribution is 7.99. The molecule has 0 aliphatic rings. The summed E-state index contributed by atoms with van der Waals surface area (Å²) in [7, 11) is 0. The molecule has 2 nitrogen and oxygen atoms in total. The Hall–Kier alpha value is -1.06. The first-order valence-electron chi connectivity index (χ1n) is 7.94. The van der Waals surface area contributed by atoms with Crippen molar-refractivity contribution in [1.82, 2.24) is 10.3 Å². The Morgan fingerprint density at radius 2 is 2.00 bits per heavy atom. The summed E-state index contributed by atoms with van der Waals surface area (Å²) in [4.78, 5) is 4.61. The zero-order valence-electron chi connectivity index (χ0n) is 13.3. The van der Waals surface area contributed by atoms with Crippen molar-refractivity contribution in [2.24, 2.45) is 0 Å². The van der Waals surface area contributed by atoms with Gasteiger partial charge in [-0.1, -0.05) is 45.0 Å². The van der Waals surface area contributed by atoms with Crippen molar-refractivity contribution in [2.75, 3.05) is 12.3 Å². The van der Waals surface area contributed by atoms with Gasteiger partial charge in [-0.05, 0) is 31.0 Å². The summed E-state index contributed by atoms with van der Waals surface area (Å²) in [5.41, 5.74) is 2.47. The highest BCUT2D eigenvalue weighted by Gasteiger charge is 2.15. The van der Waals surface area contributed by atoms with E-state index in [2.05, 4.69) is 55.3 Å². The van der Waals surface area contributed by atoms with Crippen molar-refractivity contribution in [3.05, 3.63) is 42.1 Å². The van der Waals surface area contributed by atoms with Crippen molar-refractivity contribution in [1.29, 1.82) is 0 Å². The summed E-state index contributed by atoms with van der Waals surface area (Å²) in [5, 5.41) is 5.63. The molecule has 1 N–H and O–H groups in total. The molecule has 2 unspecified atom stereocenters. The third-order valence-electron chi connectivity index (χ3n) is 3.80. The lowest BCUT2D eigenvalue weighted by Gasteiger charge is -2.21. The van der Waals surface area contributed by atoms with Crippen LogP contribution in [0.25, 0.3) is 10.9 Å². The molecule has 0 aliphatic carbocycles. The summed E-state index contributed by atoms with van der Waals surface area (Å²) < 4.78 is 0. The van der Waals surface area contributed by atoms with Gasteiger partial charge in [-0.2, -0.15) is 11.8 Å². The fourth-order valence-electron chi connectivity index (χ4n) is 2.36. The lowest BCUT2D eigenvalue weighted by atomic mass is 10.0. The molecule has 0 fully saturated rings. The molecule has 2 atom stereocenters. The number of aromatic nitrogens is 1. The molecule has 0 aliphatic heterocycles. The first-order valence-corrected chi connectivity index (χ1v) is 8.99. The SMILES string of the molecule is CCCNC(CSC(C)CC)c1cccc2cccnc12. The Morgan fingerprint density at radius 1 is 1.19 bits per heavy atom. The lowest BCUT2D eigenvalue weighted by molar-refractivity contribution is 0.579. The van der Waals surface area contributed by atoms with Crippen LogP contribution in [0.3, 0.4) is 0 Å². The third-order valence-corrected chi connectivity index (χ3v) is 5.23. The topological polar surface area (TPSA) is 24.9 Å². The summed E-state index contributed by atoms with van der Waals surface area (Å²) in [6, 6.07) is 11.0. The van der Waals surface area contributed by atoms with Crippen LogP contribution in [-0.2, 0) is 0 Å². The minimum absolute atomic E-state index is 0.377. The predicted octanol–water partition coefficient (Wildman–Crippen LogP) is 4.81. The number of nitrogens with zero attached hydrogens (tertiary/aromatic N) is 1. The average Bonchev–Trinajstić information content (AvgIpc) is 2.54. The van der Waals surface area contributed by atoms with Crippen molar-refractivity contribution in [2.45, 2.75) is 44.9 Å². The molecule has 3 heteroatoms. The number of rotatable bonds is 8. The quantitative estimate of drug-likeness (QED) is 0.757. The molecular formula is C18H26N2S. The summed E-state index contributed by atoms with van der Waals surface area (Å²) in [6.45, 7) is 7.83. The van der Waals surface area contributed by atoms with E-state index in [4.69, 9.17) is 0 Å². The van der Waals surface area contributed by atoms with E-state index in [0.29, 0.717) is 11.3 Å². The molecule has 2 rings (SSSR count). The van der Waals surface area contributed by atoms with Crippen LogP contribution in [0.5, 0.6) is 0 Å². The fourth-order valence-corrected chi connectivity index (χ4v) is 3.42. The van der Waals surface area contributed by atoms with Crippen molar-refractivity contribution in [3.8, 4) is 0 Å². The summed E-state index contributed by atoms with van der Waals surface area (Å²) >= 11 is 2.05. The standard InChI is InChI=1S/C18H26N2S/c1-4-11-19-17(13-21-14(3)5-2)16-10-6-8-15-9-7-12-20-18(15)16/h6-10,12,14,17,19H,4-5,11,13H2,1-3H3. The number of fused-ring (bicyclic) bond motifs is 1. The monoisotopic (exact) mass is 302 g/mol. The molecule has 0 spiro atoms. The fraction of sp³-hybridized carbons (Fsp3) is 0.500. The molecular weight excluding hydrogens is 276 g/mol. The van der Waals surface area contributed by atoms with E-state index in [0.717, 1.165) is 24.2 Å². The summed E-state index contributed by atoms with van der Waals surface area (Å²) in [5.74, 6) is 1.10. The molecule has 1 heterocycles. The van der Waals surface area contributed by atoms with Crippen molar-refractivity contribution < 1.29 is 0 Å². The van der Waals surface area contributed by atoms with Gasteiger partial charge < -0.3 is 5.32 Å². The van der Waals surface area contributed by atoms with E-state index in [1.54, 1.807) is 0 Å². The van der Waals surface area contributed by atoms with E-state index >= 15 is 0 Å². The van der Waals surface area contributed by atoms with Gasteiger partial charge in [0.05, 0.1) is 5.52 Å². The molecule has 21 heavy (non-hydrogen) atoms. The molecule has 1 aromatic carbocycles. The lowest BCUT2D eigenvalue weighted by Crippen LogP contribution is -2.25. The number of para-hydroxylation sites is 1. The predicted molar refractivity (Wildman–Crippen MR) is 95.0 cm³/mol. The molecule has 0 saturated carbocycles. The largest absolute Gasteiger partial charge is 0.309 e. The van der Waals surface area contributed by atoms with Gasteiger partial charge in [-0.25, -0.2) is 0 Å². The van der Waals surface area contributed by atoms with Gasteiger partial charge in [0.25, 0.3) is 0 Å². The van der Waals surface area contributed by atoms with Gasteiger partial charge in [0.1, 0.15) is 0 Å². The maximum Gasteiger partial charge on any atom is 0.0750 e. The van der Waals surface area contributed by atoms with E-state index in [9.17, 15) is 0 Å². The maximum atomic E-state index is 4.61. The van der Waals surface area contributed by atoms with E-state index < -0.39 is 0 Å². The highest BCUT2D eigenvalue weighted by Crippen LogP contribution is 2.27. The van der Waals surface area contributed by atoms with Crippen LogP contribution in [0.2, 0.25) is 0 Å². The van der Waals surface area contributed by atoms with Crippen LogP contribution in [-0.4, -0.2) is 22.5 Å². The Balaban J connectivity index is 2.25. The first kappa shape index (κ1) is 16.3. The molecule has 114 valence electrons. The van der Waals surface area contributed by atoms with E-state index in [1.165, 1.54) is 17.4 Å². The van der Waals surface area contributed by atoms with E-state index in [-0.39, 0.29) is 0 Å². The number of nitrogens with one attached hydrogen (secondary N) is 1. The summed E-state index contributed by atoms with van der Waals surface area (Å²) in [6.07, 6.45) is 4.27. The molecule has 1 aromatic heterocycles. The van der Waals surface area contributed by atoms with Gasteiger partial charge in [0.15, 0.2) is 0 Å². The smallest absolute Gasteiger partial charge is 0.0750 e. The molecule has 0 saturated heterocycles. The Kier molecular flexibility index (Phi) is 6.52. The van der Waals surface area contributed by atoms with Gasteiger partial charge >= 0.3 is 0 Å². The number of hydrogen-bond donors (Lipinski definition) is 1. The average molecular weight is 302 g/mol. The second-order valence-corrected chi connectivity index (χ2v) is 6.95. The normalized spacial score (nSPS) is 14.2. The number of thioether (sulfide) groups is 1. The van der Waals surface area contributed by atoms with Gasteiger partial charge in [-0.3, -0.25) is 4.98 Å². The van der Waals surface area contributed by atoms with Gasteiger partial charge in [0, 0.05) is 28.6 Å². The number of hydrogen-bond acceptors (Lipinski definition) is 3. The minimum Gasteiger partial charge on any atom is -0.309 e. The van der Waals surface area contributed by atoms with Crippen LogP contribution >= 0.6 is 11.8 Å². The molecule has 0 amide bonds. The van der Waals surface area contributed by atoms with Gasteiger partial charge in [0.2, 0.25) is 0 Å².